The fraction of sp³-hybridized carbons (Fsp3) is 0.500. The number of rotatable bonds is 3. The Kier molecular flexibility index (Phi) is 2.69. The molecule has 0 aliphatic carbocycles. The molecule has 0 unspecified atom stereocenters. The van der Waals surface area contributed by atoms with Crippen LogP contribution in [0.3, 0.4) is 0 Å². The van der Waals surface area contributed by atoms with Crippen LogP contribution in [0.4, 0.5) is 0 Å². The average molecular weight is 206 g/mol. The summed E-state index contributed by atoms with van der Waals surface area (Å²) >= 11 is 0. The van der Waals surface area contributed by atoms with Crippen molar-refractivity contribution in [2.75, 3.05) is 0 Å². The minimum atomic E-state index is -3.90. The molecule has 0 saturated carbocycles. The number of hydrogen-bond donors (Lipinski definition) is 1. The molecule has 13 heavy (non-hydrogen) atoms. The van der Waals surface area contributed by atoms with Gasteiger partial charge < -0.3 is 4.52 Å². The number of nitrogens with two attached hydrogens (primary N) is 1. The Bertz CT molecular complexity index is 375. The maximum absolute atomic E-state index is 10.5. The first-order valence-corrected chi connectivity index (χ1v) is 4.96. The van der Waals surface area contributed by atoms with Crippen molar-refractivity contribution >= 4 is 10.3 Å². The molecule has 6 nitrogen and oxygen atoms in total. The largest absolute Gasteiger partial charge is 0.361 e. The second kappa shape index (κ2) is 3.44. The molecule has 0 fully saturated rings. The summed E-state index contributed by atoms with van der Waals surface area (Å²) in [5.74, 6) is 0.529. The Hall–Kier alpha value is -0.920. The van der Waals surface area contributed by atoms with Gasteiger partial charge in [-0.25, -0.2) is 5.14 Å². The Labute approximate surface area is 75.9 Å². The fourth-order valence-corrected chi connectivity index (χ4v) is 1.13. The molecule has 0 aliphatic heterocycles. The molecular weight excluding hydrogens is 196 g/mol. The van der Waals surface area contributed by atoms with Gasteiger partial charge in [-0.05, 0) is 13.8 Å². The SMILES string of the molecule is Cc1noc(C)c1COS(N)(=O)=O. The third-order valence-corrected chi connectivity index (χ3v) is 2.00. The van der Waals surface area contributed by atoms with E-state index >= 15 is 0 Å². The first-order valence-electron chi connectivity index (χ1n) is 3.49. The topological polar surface area (TPSA) is 95.4 Å². The minimum absolute atomic E-state index is 0.139. The third kappa shape index (κ3) is 2.79. The van der Waals surface area contributed by atoms with Crippen LogP contribution in [0.15, 0.2) is 4.52 Å². The Morgan fingerprint density at radius 3 is 2.54 bits per heavy atom. The maximum atomic E-state index is 10.5. The number of aryl methyl sites for hydroxylation is 2. The zero-order valence-corrected chi connectivity index (χ0v) is 8.09. The predicted molar refractivity (Wildman–Crippen MR) is 43.9 cm³/mol. The van der Waals surface area contributed by atoms with Crippen LogP contribution in [-0.2, 0) is 21.1 Å². The van der Waals surface area contributed by atoms with Crippen molar-refractivity contribution in [1.29, 1.82) is 0 Å². The van der Waals surface area contributed by atoms with Crippen LogP contribution in [0.1, 0.15) is 17.0 Å². The second-order valence-electron chi connectivity index (χ2n) is 2.56. The van der Waals surface area contributed by atoms with Crippen LogP contribution < -0.4 is 5.14 Å². The van der Waals surface area contributed by atoms with E-state index in [0.717, 1.165) is 0 Å². The molecular formula is C6H10N2O4S. The lowest BCUT2D eigenvalue weighted by Gasteiger charge is -1.98. The van der Waals surface area contributed by atoms with Crippen LogP contribution in [0.2, 0.25) is 0 Å². The molecule has 1 rings (SSSR count). The third-order valence-electron chi connectivity index (χ3n) is 1.55. The van der Waals surface area contributed by atoms with Crippen LogP contribution >= 0.6 is 0 Å². The summed E-state index contributed by atoms with van der Waals surface area (Å²) in [6, 6.07) is 0. The zero-order valence-electron chi connectivity index (χ0n) is 7.27. The number of aromatic nitrogens is 1. The molecule has 7 heteroatoms. The average Bonchev–Trinajstić information content (AvgIpc) is 2.27. The summed E-state index contributed by atoms with van der Waals surface area (Å²) in [6.07, 6.45) is 0. The Balaban J connectivity index is 2.75. The van der Waals surface area contributed by atoms with Gasteiger partial charge in [-0.2, -0.15) is 8.42 Å². The highest BCUT2D eigenvalue weighted by atomic mass is 32.2. The van der Waals surface area contributed by atoms with E-state index in [1.807, 2.05) is 0 Å². The number of nitrogens with zero attached hydrogens (tertiary/aromatic N) is 1. The summed E-state index contributed by atoms with van der Waals surface area (Å²) in [6.45, 7) is 3.22. The highest BCUT2D eigenvalue weighted by Crippen LogP contribution is 2.13. The summed E-state index contributed by atoms with van der Waals surface area (Å²) in [5.41, 5.74) is 1.20. The first-order chi connectivity index (χ1) is 5.90. The lowest BCUT2D eigenvalue weighted by atomic mass is 10.2. The molecule has 0 atom stereocenters. The molecule has 0 spiro atoms. The molecule has 0 aromatic carbocycles. The molecule has 74 valence electrons. The van der Waals surface area contributed by atoms with Crippen molar-refractivity contribution in [1.82, 2.24) is 5.16 Å². The number of hydrogen-bond acceptors (Lipinski definition) is 5. The van der Waals surface area contributed by atoms with E-state index in [1.54, 1.807) is 13.8 Å². The van der Waals surface area contributed by atoms with Gasteiger partial charge in [-0.1, -0.05) is 5.16 Å². The highest BCUT2D eigenvalue weighted by molar-refractivity contribution is 7.84. The van der Waals surface area contributed by atoms with E-state index in [0.29, 0.717) is 17.0 Å². The monoisotopic (exact) mass is 206 g/mol. The van der Waals surface area contributed by atoms with E-state index in [9.17, 15) is 8.42 Å². The van der Waals surface area contributed by atoms with Crippen molar-refractivity contribution in [3.63, 3.8) is 0 Å². The normalized spacial score (nSPS) is 11.9. The van der Waals surface area contributed by atoms with Gasteiger partial charge in [0.05, 0.1) is 12.3 Å². The molecule has 0 bridgehead atoms. The summed E-state index contributed by atoms with van der Waals surface area (Å²) in [5, 5.41) is 8.28. The quantitative estimate of drug-likeness (QED) is 0.751. The van der Waals surface area contributed by atoms with E-state index in [1.165, 1.54) is 0 Å². The molecule has 1 aromatic rings. The summed E-state index contributed by atoms with van der Waals surface area (Å²) in [7, 11) is -3.90. The Morgan fingerprint density at radius 2 is 2.15 bits per heavy atom. The lowest BCUT2D eigenvalue weighted by molar-refractivity contribution is 0.304. The van der Waals surface area contributed by atoms with Crippen molar-refractivity contribution in [3.8, 4) is 0 Å². The Morgan fingerprint density at radius 1 is 1.54 bits per heavy atom. The standard InChI is InChI=1S/C6H10N2O4S/c1-4-6(5(2)12-8-4)3-11-13(7,9)10/h3H2,1-2H3,(H2,7,9,10). The smallest absolute Gasteiger partial charge is 0.333 e. The zero-order chi connectivity index (χ0) is 10.1. The van der Waals surface area contributed by atoms with Gasteiger partial charge in [0.2, 0.25) is 0 Å². The van der Waals surface area contributed by atoms with Gasteiger partial charge in [0.25, 0.3) is 0 Å². The second-order valence-corrected chi connectivity index (χ2v) is 3.78. The molecule has 1 aromatic heterocycles. The summed E-state index contributed by atoms with van der Waals surface area (Å²) < 4.78 is 30.1. The van der Waals surface area contributed by atoms with Crippen LogP contribution in [0.5, 0.6) is 0 Å². The van der Waals surface area contributed by atoms with Gasteiger partial charge in [-0.3, -0.25) is 4.18 Å². The molecule has 0 radical (unpaired) electrons. The molecule has 0 aliphatic rings. The van der Waals surface area contributed by atoms with Gasteiger partial charge in [-0.15, -0.1) is 0 Å². The van der Waals surface area contributed by atoms with Crippen LogP contribution in [0.25, 0.3) is 0 Å². The van der Waals surface area contributed by atoms with E-state index in [-0.39, 0.29) is 6.61 Å². The lowest BCUT2D eigenvalue weighted by Crippen LogP contribution is -2.15. The minimum Gasteiger partial charge on any atom is -0.361 e. The van der Waals surface area contributed by atoms with Crippen molar-refractivity contribution in [2.24, 2.45) is 5.14 Å². The van der Waals surface area contributed by atoms with Crippen molar-refractivity contribution in [3.05, 3.63) is 17.0 Å². The maximum Gasteiger partial charge on any atom is 0.333 e. The van der Waals surface area contributed by atoms with Crippen LogP contribution in [-0.4, -0.2) is 13.6 Å². The molecule has 0 saturated heterocycles. The summed E-state index contributed by atoms with van der Waals surface area (Å²) in [4.78, 5) is 0. The van der Waals surface area contributed by atoms with E-state index in [4.69, 9.17) is 4.52 Å². The van der Waals surface area contributed by atoms with Gasteiger partial charge in [0, 0.05) is 5.56 Å². The highest BCUT2D eigenvalue weighted by Gasteiger charge is 2.11. The van der Waals surface area contributed by atoms with Crippen molar-refractivity contribution < 1.29 is 17.1 Å². The molecule has 0 amide bonds. The first kappa shape index (κ1) is 10.2. The van der Waals surface area contributed by atoms with Crippen molar-refractivity contribution in [2.45, 2.75) is 20.5 Å². The molecule has 1 heterocycles. The van der Waals surface area contributed by atoms with Crippen LogP contribution in [0, 0.1) is 13.8 Å². The molecule has 2 N–H and O–H groups in total. The predicted octanol–water partition coefficient (Wildman–Crippen LogP) is 0.0115. The fourth-order valence-electron chi connectivity index (χ4n) is 0.849. The van der Waals surface area contributed by atoms with E-state index < -0.39 is 10.3 Å². The van der Waals surface area contributed by atoms with Gasteiger partial charge in [0.1, 0.15) is 5.76 Å². The van der Waals surface area contributed by atoms with Gasteiger partial charge >= 0.3 is 10.3 Å². The van der Waals surface area contributed by atoms with Gasteiger partial charge in [0.15, 0.2) is 0 Å². The van der Waals surface area contributed by atoms with E-state index in [2.05, 4.69) is 14.5 Å².